The van der Waals surface area contributed by atoms with Crippen LogP contribution in [0.25, 0.3) is 0 Å². The van der Waals surface area contributed by atoms with Crippen LogP contribution < -0.4 is 22.1 Å². The van der Waals surface area contributed by atoms with Crippen molar-refractivity contribution in [3.05, 3.63) is 58.4 Å². The van der Waals surface area contributed by atoms with Gasteiger partial charge in [0.15, 0.2) is 17.3 Å². The second-order valence-corrected chi connectivity index (χ2v) is 9.92. The van der Waals surface area contributed by atoms with Crippen molar-refractivity contribution in [2.45, 2.75) is 35.2 Å². The summed E-state index contributed by atoms with van der Waals surface area (Å²) in [6, 6.07) is 12.4. The third kappa shape index (κ3) is 3.74. The second kappa shape index (κ2) is 8.37. The molecule has 0 unspecified atom stereocenters. The van der Waals surface area contributed by atoms with Gasteiger partial charge in [0.1, 0.15) is 16.9 Å². The van der Waals surface area contributed by atoms with E-state index in [1.807, 2.05) is 0 Å². The average molecular weight is 479 g/mol. The number of anilines is 3. The van der Waals surface area contributed by atoms with Crippen molar-refractivity contribution in [1.82, 2.24) is 15.0 Å². The van der Waals surface area contributed by atoms with Gasteiger partial charge in [0.2, 0.25) is 0 Å². The first-order valence-corrected chi connectivity index (χ1v) is 11.8. The summed E-state index contributed by atoms with van der Waals surface area (Å²) in [5.41, 5.74) is 21.6. The number of nitrogens with two attached hydrogens (primary N) is 3. The summed E-state index contributed by atoms with van der Waals surface area (Å²) < 4.78 is 0. The molecule has 10 heteroatoms. The molecule has 0 bridgehead atoms. The summed E-state index contributed by atoms with van der Waals surface area (Å²) in [6.07, 6.45) is 4.38. The highest BCUT2D eigenvalue weighted by Crippen LogP contribution is 2.51. The van der Waals surface area contributed by atoms with Crippen molar-refractivity contribution in [1.29, 1.82) is 5.26 Å². The van der Waals surface area contributed by atoms with Gasteiger partial charge in [-0.2, -0.15) is 5.26 Å². The zero-order chi connectivity index (χ0) is 23.2. The van der Waals surface area contributed by atoms with E-state index in [9.17, 15) is 5.26 Å². The fourth-order valence-electron chi connectivity index (χ4n) is 4.89. The van der Waals surface area contributed by atoms with Gasteiger partial charge in [0.05, 0.1) is 5.02 Å². The van der Waals surface area contributed by atoms with Crippen LogP contribution in [0.3, 0.4) is 0 Å². The number of piperidine rings is 1. The zero-order valence-electron chi connectivity index (χ0n) is 17.8. The fourth-order valence-corrected chi connectivity index (χ4v) is 5.93. The molecule has 3 aromatic rings. The van der Waals surface area contributed by atoms with E-state index in [0.717, 1.165) is 32.4 Å². The Kier molecular flexibility index (Phi) is 5.52. The van der Waals surface area contributed by atoms with E-state index >= 15 is 0 Å². The number of fused-ring (bicyclic) bond motifs is 1. The number of halogens is 1. The second-order valence-electron chi connectivity index (χ2n) is 8.51. The molecule has 8 nitrogen and oxygen atoms in total. The number of nitriles is 1. The van der Waals surface area contributed by atoms with E-state index in [0.29, 0.717) is 20.8 Å². The third-order valence-corrected chi connectivity index (χ3v) is 8.28. The first kappa shape index (κ1) is 21.8. The summed E-state index contributed by atoms with van der Waals surface area (Å²) in [7, 11) is 0. The Balaban J connectivity index is 1.37. The molecule has 168 valence electrons. The normalized spacial score (nSPS) is 18.8. The largest absolute Gasteiger partial charge is 0.382 e. The van der Waals surface area contributed by atoms with E-state index in [1.165, 1.54) is 22.9 Å². The van der Waals surface area contributed by atoms with Gasteiger partial charge in [-0.3, -0.25) is 0 Å². The number of nitrogens with zero attached hydrogens (tertiary/aromatic N) is 5. The molecule has 0 radical (unpaired) electrons. The molecule has 1 atom stereocenters. The minimum absolute atomic E-state index is 0.0266. The first-order chi connectivity index (χ1) is 15.9. The quantitative estimate of drug-likeness (QED) is 0.514. The van der Waals surface area contributed by atoms with E-state index in [-0.39, 0.29) is 28.8 Å². The van der Waals surface area contributed by atoms with Crippen molar-refractivity contribution in [2.75, 3.05) is 29.5 Å². The number of hydrogen-bond donors (Lipinski definition) is 3. The molecule has 0 saturated carbocycles. The SMILES string of the molecule is N#Cc1nc(Sc2ccnc(N)c2Cl)c(N)nc1N1CCC2(CC1)Cc1ccccc1[C@H]2N. The highest BCUT2D eigenvalue weighted by Gasteiger charge is 2.46. The number of rotatable bonds is 3. The van der Waals surface area contributed by atoms with Crippen molar-refractivity contribution >= 4 is 40.8 Å². The van der Waals surface area contributed by atoms with Gasteiger partial charge in [0.25, 0.3) is 0 Å². The number of pyridine rings is 1. The molecule has 6 N–H and O–H groups in total. The van der Waals surface area contributed by atoms with Crippen molar-refractivity contribution in [3.63, 3.8) is 0 Å². The van der Waals surface area contributed by atoms with Crippen LogP contribution in [-0.4, -0.2) is 28.0 Å². The molecule has 33 heavy (non-hydrogen) atoms. The molecule has 1 aromatic carbocycles. The average Bonchev–Trinajstić information content (AvgIpc) is 3.09. The monoisotopic (exact) mass is 478 g/mol. The lowest BCUT2D eigenvalue weighted by molar-refractivity contribution is 0.187. The lowest BCUT2D eigenvalue weighted by atomic mass is 9.73. The molecule has 1 aliphatic heterocycles. The summed E-state index contributed by atoms with van der Waals surface area (Å²) in [6.45, 7) is 1.48. The fraction of sp³-hybridized carbons (Fsp3) is 0.304. The molecular formula is C23H23ClN8S. The Hall–Kier alpha value is -3.06. The van der Waals surface area contributed by atoms with Gasteiger partial charge in [-0.05, 0) is 41.9 Å². The third-order valence-electron chi connectivity index (χ3n) is 6.72. The Bertz CT molecular complexity index is 1270. The Morgan fingerprint density at radius 3 is 2.61 bits per heavy atom. The first-order valence-electron chi connectivity index (χ1n) is 10.7. The van der Waals surface area contributed by atoms with Gasteiger partial charge in [-0.15, -0.1) is 0 Å². The molecule has 2 aromatic heterocycles. The van der Waals surface area contributed by atoms with Crippen LogP contribution in [0.1, 0.15) is 35.7 Å². The zero-order valence-corrected chi connectivity index (χ0v) is 19.4. The van der Waals surface area contributed by atoms with Crippen LogP contribution in [0.5, 0.6) is 0 Å². The van der Waals surface area contributed by atoms with Gasteiger partial charge in [-0.25, -0.2) is 15.0 Å². The molecule has 5 rings (SSSR count). The summed E-state index contributed by atoms with van der Waals surface area (Å²) >= 11 is 7.46. The topological polar surface area (TPSA) is 144 Å². The van der Waals surface area contributed by atoms with Crippen LogP contribution in [-0.2, 0) is 6.42 Å². The van der Waals surface area contributed by atoms with E-state index in [1.54, 1.807) is 12.3 Å². The maximum absolute atomic E-state index is 9.79. The van der Waals surface area contributed by atoms with Gasteiger partial charge >= 0.3 is 0 Å². The molecule has 3 heterocycles. The van der Waals surface area contributed by atoms with Gasteiger partial charge in [0, 0.05) is 30.2 Å². The maximum Gasteiger partial charge on any atom is 0.184 e. The van der Waals surface area contributed by atoms with Crippen LogP contribution in [0.4, 0.5) is 17.5 Å². The summed E-state index contributed by atoms with van der Waals surface area (Å²) in [4.78, 5) is 15.8. The molecule has 1 saturated heterocycles. The van der Waals surface area contributed by atoms with Crippen LogP contribution in [0.2, 0.25) is 5.02 Å². The lowest BCUT2D eigenvalue weighted by Crippen LogP contribution is -2.45. The number of nitrogen functional groups attached to an aromatic ring is 2. The van der Waals surface area contributed by atoms with Crippen molar-refractivity contribution in [2.24, 2.45) is 11.1 Å². The standard InChI is InChI=1S/C23H23ClN8S/c24-17-16(5-8-29-19(17)27)33-22-20(28)31-21(15(12-25)30-22)32-9-6-23(7-10-32)11-13-3-1-2-4-14(13)18(23)26/h1-5,8,18H,6-7,9-11,26H2,(H2,27,29)(H2,28,31)/t18-/m1/s1. The van der Waals surface area contributed by atoms with Crippen LogP contribution in [0.15, 0.2) is 46.5 Å². The Morgan fingerprint density at radius 2 is 1.88 bits per heavy atom. The van der Waals surface area contributed by atoms with E-state index in [2.05, 4.69) is 50.2 Å². The Labute approximate surface area is 201 Å². The predicted molar refractivity (Wildman–Crippen MR) is 130 cm³/mol. The smallest absolute Gasteiger partial charge is 0.184 e. The highest BCUT2D eigenvalue weighted by atomic mass is 35.5. The summed E-state index contributed by atoms with van der Waals surface area (Å²) in [5.74, 6) is 0.976. The van der Waals surface area contributed by atoms with Crippen molar-refractivity contribution in [3.8, 4) is 6.07 Å². The predicted octanol–water partition coefficient (Wildman–Crippen LogP) is 3.55. The molecular weight excluding hydrogens is 456 g/mol. The number of benzene rings is 1. The van der Waals surface area contributed by atoms with E-state index < -0.39 is 0 Å². The molecule has 1 aliphatic carbocycles. The maximum atomic E-state index is 9.79. The molecule has 1 spiro atoms. The van der Waals surface area contributed by atoms with Crippen LogP contribution in [0, 0.1) is 16.7 Å². The molecule has 0 amide bonds. The molecule has 1 fully saturated rings. The minimum atomic E-state index is 0.0266. The lowest BCUT2D eigenvalue weighted by Gasteiger charge is -2.42. The highest BCUT2D eigenvalue weighted by molar-refractivity contribution is 7.99. The van der Waals surface area contributed by atoms with Crippen molar-refractivity contribution < 1.29 is 0 Å². The van der Waals surface area contributed by atoms with Gasteiger partial charge < -0.3 is 22.1 Å². The Morgan fingerprint density at radius 1 is 1.12 bits per heavy atom. The van der Waals surface area contributed by atoms with Crippen LogP contribution >= 0.6 is 23.4 Å². The van der Waals surface area contributed by atoms with E-state index in [4.69, 9.17) is 28.8 Å². The number of aromatic nitrogens is 3. The van der Waals surface area contributed by atoms with Gasteiger partial charge in [-0.1, -0.05) is 47.6 Å². The number of hydrogen-bond acceptors (Lipinski definition) is 9. The minimum Gasteiger partial charge on any atom is -0.382 e. The molecule has 2 aliphatic rings. The summed E-state index contributed by atoms with van der Waals surface area (Å²) in [5, 5.41) is 10.5.